The average molecular weight is 541 g/mol. The minimum absolute atomic E-state index is 0. The van der Waals surface area contributed by atoms with Gasteiger partial charge in [-0.15, -0.1) is 24.0 Å². The Morgan fingerprint density at radius 2 is 1.80 bits per heavy atom. The van der Waals surface area contributed by atoms with Gasteiger partial charge in [0.25, 0.3) is 0 Å². The number of halogens is 1. The van der Waals surface area contributed by atoms with Crippen molar-refractivity contribution < 1.29 is 19.1 Å². The highest BCUT2D eigenvalue weighted by atomic mass is 127. The Balaban J connectivity index is 0.00000841. The quantitative estimate of drug-likeness (QED) is 0.292. The smallest absolute Gasteiger partial charge is 0.410 e. The zero-order chi connectivity index (χ0) is 21.9. The highest BCUT2D eigenvalue weighted by Crippen LogP contribution is 2.12. The number of amides is 2. The summed E-state index contributed by atoms with van der Waals surface area (Å²) in [5.74, 6) is 0.724. The van der Waals surface area contributed by atoms with E-state index in [2.05, 4.69) is 15.6 Å². The minimum atomic E-state index is -0.511. The Kier molecular flexibility index (Phi) is 13.8. The number of rotatable bonds is 7. The summed E-state index contributed by atoms with van der Waals surface area (Å²) in [5.41, 5.74) is -0.511. The van der Waals surface area contributed by atoms with E-state index in [-0.39, 0.29) is 42.2 Å². The maximum Gasteiger partial charge on any atom is 0.410 e. The summed E-state index contributed by atoms with van der Waals surface area (Å²) in [4.78, 5) is 32.0. The van der Waals surface area contributed by atoms with E-state index in [1.165, 1.54) is 0 Å². The fraction of sp³-hybridized carbons (Fsp3) is 0.850. The van der Waals surface area contributed by atoms with Gasteiger partial charge in [0.1, 0.15) is 5.60 Å². The third-order valence-corrected chi connectivity index (χ3v) is 4.38. The molecule has 30 heavy (non-hydrogen) atoms. The van der Waals surface area contributed by atoms with Gasteiger partial charge in [-0.1, -0.05) is 0 Å². The van der Waals surface area contributed by atoms with E-state index < -0.39 is 5.60 Å². The van der Waals surface area contributed by atoms with Crippen molar-refractivity contribution in [2.75, 3.05) is 45.9 Å². The third kappa shape index (κ3) is 11.1. The number of piperidine rings is 1. The lowest BCUT2D eigenvalue weighted by molar-refractivity contribution is 0.0266. The molecule has 0 unspecified atom stereocenters. The molecule has 0 atom stereocenters. The number of likely N-dealkylation sites (N-methyl/N-ethyl adjacent to an activating group) is 1. The Morgan fingerprint density at radius 3 is 2.30 bits per heavy atom. The minimum Gasteiger partial charge on any atom is -0.450 e. The molecule has 9 nitrogen and oxygen atoms in total. The molecule has 0 aliphatic carbocycles. The van der Waals surface area contributed by atoms with Gasteiger partial charge in [-0.25, -0.2) is 9.59 Å². The van der Waals surface area contributed by atoms with E-state index in [9.17, 15) is 9.59 Å². The summed E-state index contributed by atoms with van der Waals surface area (Å²) >= 11 is 0. The molecule has 0 spiro atoms. The van der Waals surface area contributed by atoms with Crippen molar-refractivity contribution in [2.24, 2.45) is 4.99 Å². The number of hydrogen-bond acceptors (Lipinski definition) is 5. The predicted molar refractivity (Wildman–Crippen MR) is 130 cm³/mol. The van der Waals surface area contributed by atoms with Gasteiger partial charge in [0.15, 0.2) is 5.96 Å². The van der Waals surface area contributed by atoms with Crippen molar-refractivity contribution in [1.29, 1.82) is 0 Å². The van der Waals surface area contributed by atoms with Crippen LogP contribution in [0.4, 0.5) is 9.59 Å². The number of hydrogen-bond donors (Lipinski definition) is 2. The first-order valence-electron chi connectivity index (χ1n) is 10.6. The fourth-order valence-corrected chi connectivity index (χ4v) is 2.92. The zero-order valence-electron chi connectivity index (χ0n) is 19.3. The van der Waals surface area contributed by atoms with Crippen LogP contribution in [0.1, 0.15) is 54.4 Å². The number of guanidine groups is 1. The van der Waals surface area contributed by atoms with E-state index in [0.29, 0.717) is 39.3 Å². The first-order chi connectivity index (χ1) is 13.7. The first kappa shape index (κ1) is 28.5. The SMILES string of the molecule is CCNC(=NCCN(CC)C(=O)OC(C)(C)C)NC1CCN(C(=O)OCC)CC1.I. The molecule has 0 radical (unpaired) electrons. The summed E-state index contributed by atoms with van der Waals surface area (Å²) in [6, 6.07) is 0.242. The Bertz CT molecular complexity index is 546. The molecule has 0 bridgehead atoms. The van der Waals surface area contributed by atoms with Gasteiger partial charge in [-0.2, -0.15) is 0 Å². The first-order valence-corrected chi connectivity index (χ1v) is 10.6. The molecule has 1 saturated heterocycles. The Morgan fingerprint density at radius 1 is 1.17 bits per heavy atom. The summed E-state index contributed by atoms with van der Waals surface area (Å²) in [6.45, 7) is 15.3. The molecule has 176 valence electrons. The van der Waals surface area contributed by atoms with E-state index in [4.69, 9.17) is 9.47 Å². The maximum absolute atomic E-state index is 12.2. The van der Waals surface area contributed by atoms with Gasteiger partial charge < -0.3 is 29.9 Å². The van der Waals surface area contributed by atoms with Crippen LogP contribution in [0.5, 0.6) is 0 Å². The number of carbonyl (C=O) groups excluding carboxylic acids is 2. The van der Waals surface area contributed by atoms with Crippen LogP contribution in [0.3, 0.4) is 0 Å². The van der Waals surface area contributed by atoms with Crippen molar-refractivity contribution in [3.63, 3.8) is 0 Å². The normalized spacial score (nSPS) is 15.1. The molecule has 0 saturated carbocycles. The van der Waals surface area contributed by atoms with E-state index in [1.54, 1.807) is 9.80 Å². The van der Waals surface area contributed by atoms with Crippen molar-refractivity contribution in [3.05, 3.63) is 0 Å². The second-order valence-electron chi connectivity index (χ2n) is 7.93. The molecule has 2 amide bonds. The van der Waals surface area contributed by atoms with Crippen molar-refractivity contribution in [3.8, 4) is 0 Å². The molecule has 0 aromatic heterocycles. The molecular formula is C20H40IN5O4. The predicted octanol–water partition coefficient (Wildman–Crippen LogP) is 3.04. The second-order valence-corrected chi connectivity index (χ2v) is 7.93. The molecule has 0 aromatic carbocycles. The van der Waals surface area contributed by atoms with Crippen LogP contribution in [0.25, 0.3) is 0 Å². The molecular weight excluding hydrogens is 501 g/mol. The molecule has 0 aromatic rings. The maximum atomic E-state index is 12.2. The van der Waals surface area contributed by atoms with E-state index in [1.807, 2.05) is 41.5 Å². The standard InChI is InChI=1S/C20H39N5O4.HI/c1-7-21-17(22-12-15-24(8-2)19(27)29-20(4,5)6)23-16-10-13-25(14-11-16)18(26)28-9-3;/h16H,7-15H2,1-6H3,(H2,21,22,23);1H. The van der Waals surface area contributed by atoms with Crippen molar-refractivity contribution >= 4 is 42.1 Å². The second kappa shape index (κ2) is 14.5. The van der Waals surface area contributed by atoms with Crippen LogP contribution < -0.4 is 10.6 Å². The van der Waals surface area contributed by atoms with Gasteiger partial charge >= 0.3 is 12.2 Å². The van der Waals surface area contributed by atoms with Crippen LogP contribution in [0.15, 0.2) is 4.99 Å². The number of ether oxygens (including phenoxy) is 2. The average Bonchev–Trinajstić information content (AvgIpc) is 2.64. The monoisotopic (exact) mass is 541 g/mol. The summed E-state index contributed by atoms with van der Waals surface area (Å²) in [5, 5.41) is 6.68. The van der Waals surface area contributed by atoms with Gasteiger partial charge in [0.2, 0.25) is 0 Å². The lowest BCUT2D eigenvalue weighted by Gasteiger charge is -2.32. The number of aliphatic imine (C=N–C) groups is 1. The highest BCUT2D eigenvalue weighted by Gasteiger charge is 2.24. The molecule has 10 heteroatoms. The van der Waals surface area contributed by atoms with Gasteiger partial charge in [0, 0.05) is 38.8 Å². The summed E-state index contributed by atoms with van der Waals surface area (Å²) < 4.78 is 10.5. The fourth-order valence-electron chi connectivity index (χ4n) is 2.92. The number of nitrogens with one attached hydrogen (secondary N) is 2. The summed E-state index contributed by atoms with van der Waals surface area (Å²) in [6.07, 6.45) is 1.11. The molecule has 2 N–H and O–H groups in total. The van der Waals surface area contributed by atoms with Gasteiger partial charge in [-0.05, 0) is 54.4 Å². The molecule has 1 fully saturated rings. The van der Waals surface area contributed by atoms with Crippen molar-refractivity contribution in [1.82, 2.24) is 20.4 Å². The van der Waals surface area contributed by atoms with Crippen molar-refractivity contribution in [2.45, 2.75) is 66.0 Å². The Hall–Kier alpha value is -1.46. The van der Waals surface area contributed by atoms with Gasteiger partial charge in [-0.3, -0.25) is 4.99 Å². The number of carbonyl (C=O) groups is 2. The van der Waals surface area contributed by atoms with E-state index >= 15 is 0 Å². The molecule has 1 heterocycles. The lowest BCUT2D eigenvalue weighted by atomic mass is 10.1. The molecule has 1 aliphatic rings. The van der Waals surface area contributed by atoms with Crippen LogP contribution in [0.2, 0.25) is 0 Å². The van der Waals surface area contributed by atoms with Crippen LogP contribution in [-0.2, 0) is 9.47 Å². The van der Waals surface area contributed by atoms with Crippen LogP contribution >= 0.6 is 24.0 Å². The van der Waals surface area contributed by atoms with Crippen LogP contribution in [0, 0.1) is 0 Å². The highest BCUT2D eigenvalue weighted by molar-refractivity contribution is 14.0. The van der Waals surface area contributed by atoms with E-state index in [0.717, 1.165) is 25.3 Å². The third-order valence-electron chi connectivity index (χ3n) is 4.38. The summed E-state index contributed by atoms with van der Waals surface area (Å²) in [7, 11) is 0. The molecule has 1 aliphatic heterocycles. The topological polar surface area (TPSA) is 95.5 Å². The molecule has 1 rings (SSSR count). The van der Waals surface area contributed by atoms with Crippen LogP contribution in [-0.4, -0.2) is 85.5 Å². The number of likely N-dealkylation sites (tertiary alicyclic amines) is 1. The van der Waals surface area contributed by atoms with Gasteiger partial charge in [0.05, 0.1) is 13.2 Å². The largest absolute Gasteiger partial charge is 0.450 e. The number of nitrogens with zero attached hydrogens (tertiary/aromatic N) is 3. The zero-order valence-corrected chi connectivity index (χ0v) is 21.7. The lowest BCUT2D eigenvalue weighted by Crippen LogP contribution is -2.50. The Labute approximate surface area is 198 Å².